The largest absolute Gasteiger partial charge is 0.442 e. The van der Waals surface area contributed by atoms with Gasteiger partial charge in [0.05, 0.1) is 11.5 Å². The molecule has 0 spiro atoms. The van der Waals surface area contributed by atoms with E-state index in [1.165, 1.54) is 0 Å². The van der Waals surface area contributed by atoms with Crippen molar-refractivity contribution in [3.63, 3.8) is 0 Å². The summed E-state index contributed by atoms with van der Waals surface area (Å²) in [4.78, 5) is 9.60. The van der Waals surface area contributed by atoms with Crippen LogP contribution in [0.15, 0.2) is 18.2 Å². The first-order chi connectivity index (χ1) is 10.1. The van der Waals surface area contributed by atoms with Crippen molar-refractivity contribution in [2.45, 2.75) is 19.6 Å². The Labute approximate surface area is 120 Å². The lowest BCUT2D eigenvalue weighted by Crippen LogP contribution is -2.10. The zero-order valence-corrected chi connectivity index (χ0v) is 11.0. The third-order valence-electron chi connectivity index (χ3n) is 2.96. The first-order valence-corrected chi connectivity index (χ1v) is 5.84. The Bertz CT molecular complexity index is 739. The van der Waals surface area contributed by atoms with Crippen LogP contribution in [0.3, 0.4) is 0 Å². The molecule has 0 saturated carbocycles. The second-order valence-corrected chi connectivity index (χ2v) is 4.43. The minimum atomic E-state index is -5.01. The van der Waals surface area contributed by atoms with Crippen LogP contribution in [-0.4, -0.2) is 14.7 Å². The summed E-state index contributed by atoms with van der Waals surface area (Å²) in [5.41, 5.74) is -3.36. The van der Waals surface area contributed by atoms with Gasteiger partial charge in [-0.1, -0.05) is 6.07 Å². The van der Waals surface area contributed by atoms with Gasteiger partial charge in [0.1, 0.15) is 17.3 Å². The van der Waals surface area contributed by atoms with Crippen molar-refractivity contribution in [2.75, 3.05) is 0 Å². The Morgan fingerprint density at radius 2 is 1.95 bits per heavy atom. The van der Waals surface area contributed by atoms with Crippen LogP contribution >= 0.6 is 0 Å². The molecule has 1 aromatic heterocycles. The highest BCUT2D eigenvalue weighted by molar-refractivity contribution is 5.42. The summed E-state index contributed by atoms with van der Waals surface area (Å²) in [6, 6.07) is 2.52. The minimum absolute atomic E-state index is 0.143. The molecule has 22 heavy (non-hydrogen) atoms. The van der Waals surface area contributed by atoms with E-state index in [4.69, 9.17) is 0 Å². The van der Waals surface area contributed by atoms with Crippen molar-refractivity contribution in [1.29, 1.82) is 0 Å². The molecule has 0 aliphatic heterocycles. The molecule has 0 saturated heterocycles. The van der Waals surface area contributed by atoms with Gasteiger partial charge < -0.3 is 0 Å². The molecule has 0 aliphatic carbocycles. The molecule has 0 fully saturated rings. The fourth-order valence-corrected chi connectivity index (χ4v) is 1.91. The molecule has 2 rings (SSSR count). The smallest absolute Gasteiger partial charge is 0.258 e. The van der Waals surface area contributed by atoms with Crippen LogP contribution in [0.25, 0.3) is 0 Å². The molecular formula is C12H8F5N3O2. The van der Waals surface area contributed by atoms with Gasteiger partial charge in [-0.25, -0.2) is 8.78 Å². The molecule has 0 aliphatic rings. The van der Waals surface area contributed by atoms with E-state index in [1.54, 1.807) is 0 Å². The topological polar surface area (TPSA) is 61.0 Å². The van der Waals surface area contributed by atoms with Crippen molar-refractivity contribution in [2.24, 2.45) is 0 Å². The van der Waals surface area contributed by atoms with E-state index >= 15 is 0 Å². The van der Waals surface area contributed by atoms with Crippen LogP contribution in [0.5, 0.6) is 0 Å². The molecule has 0 atom stereocenters. The van der Waals surface area contributed by atoms with Crippen LogP contribution in [0, 0.1) is 28.7 Å². The number of hydrogen-bond acceptors (Lipinski definition) is 3. The SMILES string of the molecule is Cc1c([N+](=O)[O-])c(C(F)(F)F)nn1Cc1ccc(F)cc1F. The number of nitro groups is 1. The number of nitrogens with zero attached hydrogens (tertiary/aromatic N) is 3. The van der Waals surface area contributed by atoms with Gasteiger partial charge in [-0.15, -0.1) is 0 Å². The van der Waals surface area contributed by atoms with Gasteiger partial charge in [0.2, 0.25) is 5.69 Å². The average molecular weight is 321 g/mol. The van der Waals surface area contributed by atoms with E-state index in [0.717, 1.165) is 19.1 Å². The van der Waals surface area contributed by atoms with E-state index in [2.05, 4.69) is 5.10 Å². The molecule has 0 bridgehead atoms. The lowest BCUT2D eigenvalue weighted by atomic mass is 10.2. The van der Waals surface area contributed by atoms with Crippen LogP contribution < -0.4 is 0 Å². The molecule has 1 heterocycles. The monoisotopic (exact) mass is 321 g/mol. The Morgan fingerprint density at radius 3 is 2.41 bits per heavy atom. The molecule has 10 heteroatoms. The first-order valence-electron chi connectivity index (χ1n) is 5.84. The Morgan fingerprint density at radius 1 is 1.32 bits per heavy atom. The van der Waals surface area contributed by atoms with E-state index in [1.807, 2.05) is 0 Å². The number of aromatic nitrogens is 2. The predicted molar refractivity (Wildman–Crippen MR) is 64.1 cm³/mol. The molecule has 0 amide bonds. The maximum atomic E-state index is 13.5. The fourth-order valence-electron chi connectivity index (χ4n) is 1.91. The Balaban J connectivity index is 2.51. The summed E-state index contributed by atoms with van der Waals surface area (Å²) in [5, 5.41) is 13.9. The van der Waals surface area contributed by atoms with Gasteiger partial charge in [-0.2, -0.15) is 18.3 Å². The van der Waals surface area contributed by atoms with Gasteiger partial charge >= 0.3 is 11.9 Å². The zero-order valence-electron chi connectivity index (χ0n) is 11.0. The summed E-state index contributed by atoms with van der Waals surface area (Å²) in [6.45, 7) is 0.580. The van der Waals surface area contributed by atoms with Crippen molar-refractivity contribution < 1.29 is 26.9 Å². The quantitative estimate of drug-likeness (QED) is 0.494. The second kappa shape index (κ2) is 5.35. The third-order valence-corrected chi connectivity index (χ3v) is 2.96. The number of halogens is 5. The number of alkyl halides is 3. The molecule has 2 aromatic rings. The van der Waals surface area contributed by atoms with E-state index in [9.17, 15) is 32.1 Å². The van der Waals surface area contributed by atoms with Crippen LogP contribution in [0.2, 0.25) is 0 Å². The normalized spacial score (nSPS) is 11.7. The van der Waals surface area contributed by atoms with E-state index in [-0.39, 0.29) is 11.3 Å². The minimum Gasteiger partial charge on any atom is -0.258 e. The summed E-state index contributed by atoms with van der Waals surface area (Å²) in [7, 11) is 0. The number of rotatable bonds is 3. The van der Waals surface area contributed by atoms with Crippen LogP contribution in [0.4, 0.5) is 27.6 Å². The molecule has 0 N–H and O–H groups in total. The van der Waals surface area contributed by atoms with Gasteiger partial charge in [-0.05, 0) is 13.0 Å². The molecule has 1 aromatic carbocycles. The zero-order chi connectivity index (χ0) is 16.7. The van der Waals surface area contributed by atoms with Crippen LogP contribution in [0.1, 0.15) is 17.0 Å². The van der Waals surface area contributed by atoms with Crippen molar-refractivity contribution in [1.82, 2.24) is 9.78 Å². The molecule has 118 valence electrons. The van der Waals surface area contributed by atoms with Crippen molar-refractivity contribution in [3.8, 4) is 0 Å². The van der Waals surface area contributed by atoms with Gasteiger partial charge in [0.25, 0.3) is 0 Å². The maximum absolute atomic E-state index is 13.5. The first kappa shape index (κ1) is 15.9. The van der Waals surface area contributed by atoms with E-state index < -0.39 is 40.7 Å². The van der Waals surface area contributed by atoms with Crippen LogP contribution in [-0.2, 0) is 12.7 Å². The van der Waals surface area contributed by atoms with Gasteiger partial charge in [0.15, 0.2) is 0 Å². The molecule has 0 radical (unpaired) electrons. The molecule has 5 nitrogen and oxygen atoms in total. The highest BCUT2D eigenvalue weighted by Crippen LogP contribution is 2.37. The highest BCUT2D eigenvalue weighted by atomic mass is 19.4. The molecular weight excluding hydrogens is 313 g/mol. The standard InChI is InChI=1S/C12H8F5N3O2/c1-6-10(20(21)22)11(12(15,16)17)18-19(6)5-7-2-3-8(13)4-9(7)14/h2-4H,5H2,1H3. The number of hydrogen-bond donors (Lipinski definition) is 0. The van der Waals surface area contributed by atoms with Crippen molar-refractivity contribution in [3.05, 3.63) is 56.9 Å². The van der Waals surface area contributed by atoms with Gasteiger partial charge in [0, 0.05) is 11.6 Å². The molecule has 0 unspecified atom stereocenters. The number of benzene rings is 1. The van der Waals surface area contributed by atoms with E-state index in [0.29, 0.717) is 10.7 Å². The predicted octanol–water partition coefficient (Wildman–Crippen LogP) is 3.45. The van der Waals surface area contributed by atoms with Crippen molar-refractivity contribution >= 4 is 5.69 Å². The Kier molecular flexibility index (Phi) is 3.86. The van der Waals surface area contributed by atoms with Gasteiger partial charge in [-0.3, -0.25) is 14.8 Å². The highest BCUT2D eigenvalue weighted by Gasteiger charge is 2.44. The summed E-state index contributed by atoms with van der Waals surface area (Å²) in [5.74, 6) is -1.83. The average Bonchev–Trinajstić information content (AvgIpc) is 2.70. The summed E-state index contributed by atoms with van der Waals surface area (Å²) >= 11 is 0. The maximum Gasteiger partial charge on any atom is 0.442 e. The second-order valence-electron chi connectivity index (χ2n) is 4.43. The lowest BCUT2D eigenvalue weighted by Gasteiger charge is -2.05. The lowest BCUT2D eigenvalue weighted by molar-refractivity contribution is -0.388. The summed E-state index contributed by atoms with van der Waals surface area (Å²) < 4.78 is 65.3. The third kappa shape index (κ3) is 2.90. The Hall–Kier alpha value is -2.52. The summed E-state index contributed by atoms with van der Waals surface area (Å²) in [6.07, 6.45) is -5.01. The fraction of sp³-hybridized carbons (Fsp3) is 0.250.